The standard InChI is InChI=1S/C25H26ClF3N4O7S.C19H22ClN3O7S/c1-2-15(17-5-6-18(40-17)25(27,28)29)30-19-20(23(36)22(19)35)31-16-4-3-14(26)24(21(16)34)41(37,38)33-8-7-32-9-10-39-12-13(32)11-33;1-2-30-18-14(16(25)17(18)26)21-13-4-3-12(20)19(15(13)24)31(27,28)23-6-5-22-7-8-29-10-11(22)9-23/h3-6,13,15,30-31,34H,2,7-12H2,1H3;3-4,11,21,24H,2,5-10H2,1H3/t13-,15+;11-/m00/s1. The molecule has 0 unspecified atom stereocenters. The van der Waals surface area contributed by atoms with E-state index in [1.54, 1.807) is 13.8 Å². The summed E-state index contributed by atoms with van der Waals surface area (Å²) in [6, 6.07) is 5.86. The van der Waals surface area contributed by atoms with E-state index >= 15 is 0 Å². The number of benzene rings is 2. The summed E-state index contributed by atoms with van der Waals surface area (Å²) in [6.45, 7) is 8.63. The van der Waals surface area contributed by atoms with Gasteiger partial charge in [-0.05, 0) is 49.7 Å². The van der Waals surface area contributed by atoms with Crippen LogP contribution in [0.2, 0.25) is 10.0 Å². The molecule has 21 nitrogen and oxygen atoms in total. The Morgan fingerprint density at radius 1 is 0.694 bits per heavy atom. The van der Waals surface area contributed by atoms with Crippen molar-refractivity contribution < 1.29 is 58.8 Å². The Morgan fingerprint density at radius 2 is 1.18 bits per heavy atom. The van der Waals surface area contributed by atoms with Crippen LogP contribution >= 0.6 is 23.2 Å². The van der Waals surface area contributed by atoms with Gasteiger partial charge in [-0.25, -0.2) is 16.8 Å². The topological polar surface area (TPSA) is 267 Å². The molecular weight excluding hydrogens is 1040 g/mol. The first-order valence-corrected chi connectivity index (χ1v) is 26.2. The lowest BCUT2D eigenvalue weighted by Gasteiger charge is -2.43. The highest BCUT2D eigenvalue weighted by molar-refractivity contribution is 7.89. The van der Waals surface area contributed by atoms with Crippen molar-refractivity contribution in [3.63, 3.8) is 0 Å². The average Bonchev–Trinajstić information content (AvgIpc) is 3.87. The second-order valence-electron chi connectivity index (χ2n) is 17.1. The quantitative estimate of drug-likeness (QED) is 0.0783. The Balaban J connectivity index is 0.000000200. The molecular formula is C44H48Cl2F3N7O14S2. The minimum atomic E-state index is -4.70. The van der Waals surface area contributed by atoms with E-state index in [1.807, 2.05) is 0 Å². The van der Waals surface area contributed by atoms with Gasteiger partial charge in [0.05, 0.1) is 60.5 Å². The third-order valence-electron chi connectivity index (χ3n) is 12.7. The van der Waals surface area contributed by atoms with Gasteiger partial charge in [0, 0.05) is 64.4 Å². The van der Waals surface area contributed by atoms with Crippen molar-refractivity contribution >= 4 is 71.7 Å². The number of fused-ring (bicyclic) bond motifs is 2. The van der Waals surface area contributed by atoms with Gasteiger partial charge in [0.25, 0.3) is 21.7 Å². The molecule has 0 saturated carbocycles. The molecule has 0 radical (unpaired) electrons. The normalized spacial score (nSPS) is 20.0. The molecule has 4 aliphatic rings. The number of hydrogen-bond donors (Lipinski definition) is 5. The molecule has 0 bridgehead atoms. The molecule has 0 spiro atoms. The largest absolute Gasteiger partial charge is 0.504 e. The molecule has 4 aliphatic heterocycles. The smallest absolute Gasteiger partial charge is 0.449 e. The van der Waals surface area contributed by atoms with Gasteiger partial charge in [-0.15, -0.1) is 0 Å². The number of anilines is 5. The summed E-state index contributed by atoms with van der Waals surface area (Å²) < 4.78 is 116. The number of phenolic OH excluding ortho intramolecular Hbond substituents is 2. The van der Waals surface area contributed by atoms with Gasteiger partial charge in [-0.2, -0.15) is 21.8 Å². The van der Waals surface area contributed by atoms with Crippen molar-refractivity contribution in [1.29, 1.82) is 0 Å². The predicted octanol–water partition coefficient (Wildman–Crippen LogP) is 3.75. The highest BCUT2D eigenvalue weighted by Crippen LogP contribution is 2.43. The van der Waals surface area contributed by atoms with E-state index in [4.69, 9.17) is 41.8 Å². The minimum Gasteiger partial charge on any atom is -0.504 e. The van der Waals surface area contributed by atoms with Gasteiger partial charge in [0.15, 0.2) is 17.2 Å². The number of rotatable bonds is 14. The Kier molecular flexibility index (Phi) is 15.4. The minimum absolute atomic E-state index is 0.0722. The van der Waals surface area contributed by atoms with Crippen LogP contribution in [0.4, 0.5) is 41.6 Å². The van der Waals surface area contributed by atoms with E-state index in [-0.39, 0.29) is 101 Å². The monoisotopic (exact) mass is 1090 g/mol. The van der Waals surface area contributed by atoms with Crippen LogP contribution in [-0.4, -0.2) is 143 Å². The molecule has 390 valence electrons. The van der Waals surface area contributed by atoms with Crippen LogP contribution in [0.5, 0.6) is 17.2 Å². The summed E-state index contributed by atoms with van der Waals surface area (Å²) in [5.74, 6) is -2.87. The third-order valence-corrected chi connectivity index (χ3v) is 17.5. The molecule has 5 aromatic rings. The van der Waals surface area contributed by atoms with Crippen molar-refractivity contribution in [3.05, 3.63) is 98.9 Å². The number of morpholine rings is 2. The van der Waals surface area contributed by atoms with Crippen molar-refractivity contribution in [2.45, 2.75) is 54.4 Å². The number of hydrogen-bond acceptors (Lipinski definition) is 19. The first-order valence-electron chi connectivity index (χ1n) is 22.5. The number of aromatic hydroxyl groups is 2. The zero-order valence-corrected chi connectivity index (χ0v) is 41.5. The van der Waals surface area contributed by atoms with Crippen molar-refractivity contribution in [1.82, 2.24) is 18.4 Å². The second-order valence-corrected chi connectivity index (χ2v) is 21.6. The maximum atomic E-state index is 13.6. The number of sulfonamides is 2. The summed E-state index contributed by atoms with van der Waals surface area (Å²) >= 11 is 12.4. The van der Waals surface area contributed by atoms with Gasteiger partial charge in [-0.1, -0.05) is 30.1 Å². The molecule has 4 aromatic carbocycles. The fourth-order valence-electron chi connectivity index (χ4n) is 8.84. The molecule has 4 fully saturated rings. The molecule has 28 heteroatoms. The van der Waals surface area contributed by atoms with Crippen LogP contribution < -0.4 is 42.4 Å². The highest BCUT2D eigenvalue weighted by Gasteiger charge is 2.41. The van der Waals surface area contributed by atoms with Crippen LogP contribution in [0, 0.1) is 0 Å². The number of nitrogens with one attached hydrogen (secondary N) is 3. The number of phenols is 2. The second kappa shape index (κ2) is 20.9. The molecule has 1 aromatic heterocycles. The summed E-state index contributed by atoms with van der Waals surface area (Å²) in [6.07, 6.45) is -4.51. The van der Waals surface area contributed by atoms with E-state index in [0.717, 1.165) is 18.7 Å². The fraction of sp³-hybridized carbons (Fsp3) is 0.455. The van der Waals surface area contributed by atoms with Gasteiger partial charge < -0.3 is 44.8 Å². The highest BCUT2D eigenvalue weighted by atomic mass is 35.5. The maximum Gasteiger partial charge on any atom is 0.449 e. The molecule has 5 heterocycles. The Bertz CT molecular complexity index is 3230. The van der Waals surface area contributed by atoms with Gasteiger partial charge in [-0.3, -0.25) is 29.0 Å². The lowest BCUT2D eigenvalue weighted by atomic mass is 10.1. The number of nitrogens with zero attached hydrogens (tertiary/aromatic N) is 4. The average molecular weight is 1090 g/mol. The summed E-state index contributed by atoms with van der Waals surface area (Å²) in [5, 5.41) is 29.3. The van der Waals surface area contributed by atoms with Crippen LogP contribution in [-0.2, 0) is 35.7 Å². The van der Waals surface area contributed by atoms with Crippen LogP contribution in [0.1, 0.15) is 37.8 Å². The van der Waals surface area contributed by atoms with Crippen molar-refractivity contribution in [3.8, 4) is 17.2 Å². The van der Waals surface area contributed by atoms with Gasteiger partial charge in [0.2, 0.25) is 25.8 Å². The first kappa shape index (κ1) is 53.0. The van der Waals surface area contributed by atoms with E-state index in [1.165, 1.54) is 32.9 Å². The summed E-state index contributed by atoms with van der Waals surface area (Å²) in [7, 11) is -8.43. The number of halogens is 5. The lowest BCUT2D eigenvalue weighted by Crippen LogP contribution is -2.59. The fourth-order valence-corrected chi connectivity index (χ4v) is 13.0. The molecule has 5 N–H and O–H groups in total. The van der Waals surface area contributed by atoms with Gasteiger partial charge >= 0.3 is 6.18 Å². The third kappa shape index (κ3) is 10.2. The van der Waals surface area contributed by atoms with Crippen LogP contribution in [0.3, 0.4) is 0 Å². The zero-order valence-electron chi connectivity index (χ0n) is 38.4. The molecule has 3 atom stereocenters. The van der Waals surface area contributed by atoms with E-state index < -0.39 is 81.0 Å². The van der Waals surface area contributed by atoms with Crippen molar-refractivity contribution in [2.75, 3.05) is 101 Å². The number of ether oxygens (including phenoxy) is 3. The number of piperazine rings is 2. The molecule has 72 heavy (non-hydrogen) atoms. The number of furan rings is 1. The van der Waals surface area contributed by atoms with E-state index in [2.05, 4.69) is 25.8 Å². The van der Waals surface area contributed by atoms with E-state index in [0.29, 0.717) is 46.1 Å². The molecule has 0 amide bonds. The maximum absolute atomic E-state index is 13.6. The zero-order chi connectivity index (χ0) is 52.0. The first-order chi connectivity index (χ1) is 34.1. The Labute approximate surface area is 419 Å². The summed E-state index contributed by atoms with van der Waals surface area (Å²) in [4.78, 5) is 51.6. The molecule has 9 rings (SSSR count). The van der Waals surface area contributed by atoms with Crippen molar-refractivity contribution in [2.24, 2.45) is 0 Å². The SMILES string of the molecule is CCOc1c(Nc2ccc(Cl)c(S(=O)(=O)N3CCN4CCOC[C@@H]4C3)c2O)c(=O)c1=O.CC[C@@H](Nc1c(Nc2ccc(Cl)c(S(=O)(=O)N3CCN4CCOC[C@@H]4C3)c2O)c(=O)c1=O)c1ccc(C(F)(F)F)o1. The number of alkyl halides is 3. The predicted molar refractivity (Wildman–Crippen MR) is 257 cm³/mol. The molecule has 4 saturated heterocycles. The summed E-state index contributed by atoms with van der Waals surface area (Å²) in [5.41, 5.74) is -4.48. The molecule has 0 aliphatic carbocycles. The van der Waals surface area contributed by atoms with Crippen LogP contribution in [0.25, 0.3) is 0 Å². The van der Waals surface area contributed by atoms with E-state index in [9.17, 15) is 59.4 Å². The Hall–Kier alpha value is -5.29. The Morgan fingerprint density at radius 3 is 1.65 bits per heavy atom. The lowest BCUT2D eigenvalue weighted by molar-refractivity contribution is -0.153. The van der Waals surface area contributed by atoms with Gasteiger partial charge in [0.1, 0.15) is 32.6 Å². The van der Waals surface area contributed by atoms with Crippen LogP contribution in [0.15, 0.2) is 69.8 Å².